The molecule has 30 heavy (non-hydrogen) atoms. The van der Waals surface area contributed by atoms with Gasteiger partial charge in [0, 0.05) is 0 Å². The second kappa shape index (κ2) is 5.63. The van der Waals surface area contributed by atoms with Crippen LogP contribution in [0.3, 0.4) is 0 Å². The molecule has 0 nitrogen and oxygen atoms in total. The molecule has 142 valence electrons. The quantitative estimate of drug-likeness (QED) is 0.196. The molecule has 0 spiro atoms. The second-order valence-electron chi connectivity index (χ2n) is 8.58. The number of hydrogen-bond acceptors (Lipinski definition) is 0. The van der Waals surface area contributed by atoms with Crippen molar-refractivity contribution in [3.8, 4) is 22.3 Å². The van der Waals surface area contributed by atoms with E-state index >= 15 is 0 Å². The van der Waals surface area contributed by atoms with Crippen LogP contribution in [0.2, 0.25) is 0 Å². The third-order valence-corrected chi connectivity index (χ3v) is 13.9. The van der Waals surface area contributed by atoms with Crippen molar-refractivity contribution in [2.75, 3.05) is 0 Å². The summed E-state index contributed by atoms with van der Waals surface area (Å²) in [6.07, 6.45) is 0. The Hall–Kier alpha value is -2.43. The molecule has 0 fully saturated rings. The van der Waals surface area contributed by atoms with Crippen molar-refractivity contribution in [1.29, 1.82) is 0 Å². The number of aryl methyl sites for hydroxylation is 2. The summed E-state index contributed by atoms with van der Waals surface area (Å²) in [4.78, 5) is 0. The van der Waals surface area contributed by atoms with Crippen molar-refractivity contribution < 1.29 is 0 Å². The maximum absolute atomic E-state index is 3.84. The average molecular weight is 465 g/mol. The van der Waals surface area contributed by atoms with Crippen LogP contribution in [0.5, 0.6) is 0 Å². The van der Waals surface area contributed by atoms with Gasteiger partial charge in [0.2, 0.25) is 0 Å². The summed E-state index contributed by atoms with van der Waals surface area (Å²) in [5.74, 6) is -1.87. The van der Waals surface area contributed by atoms with Crippen LogP contribution in [-0.2, 0) is 0 Å². The summed E-state index contributed by atoms with van der Waals surface area (Å²) in [5, 5.41) is 10.1. The summed E-state index contributed by atoms with van der Waals surface area (Å²) in [7, 11) is 0. The van der Waals surface area contributed by atoms with E-state index in [1.807, 2.05) is 0 Å². The molecule has 7 rings (SSSR count). The first-order valence-electron chi connectivity index (χ1n) is 10.4. The van der Waals surface area contributed by atoms with Crippen LogP contribution >= 0.6 is 5.95 Å². The third-order valence-electron chi connectivity index (χ3n) is 7.03. The second-order valence-corrected chi connectivity index (χ2v) is 14.7. The van der Waals surface area contributed by atoms with E-state index in [4.69, 9.17) is 0 Å². The number of benzene rings is 5. The molecule has 0 N–H and O–H groups in total. The van der Waals surface area contributed by atoms with Gasteiger partial charge in [0.15, 0.2) is 0 Å². The normalized spacial score (nSPS) is 14.8. The Morgan fingerprint density at radius 3 is 1.53 bits per heavy atom. The number of rotatable bonds is 0. The van der Waals surface area contributed by atoms with Crippen molar-refractivity contribution in [3.05, 3.63) is 90.0 Å². The minimum atomic E-state index is -1.87. The van der Waals surface area contributed by atoms with Gasteiger partial charge in [0.25, 0.3) is 0 Å². The summed E-state index contributed by atoms with van der Waals surface area (Å²) >= 11 is 3.84. The molecule has 2 heterocycles. The first kappa shape index (κ1) is 17.3. The Balaban J connectivity index is 1.83. The molecule has 2 aliphatic heterocycles. The molecule has 5 aromatic rings. The van der Waals surface area contributed by atoms with Gasteiger partial charge in [-0.15, -0.1) is 0 Å². The van der Waals surface area contributed by atoms with E-state index in [1.54, 1.807) is 0 Å². The predicted octanol–water partition coefficient (Wildman–Crippen LogP) is 5.95. The van der Waals surface area contributed by atoms with E-state index in [0.29, 0.717) is 0 Å². The van der Waals surface area contributed by atoms with Crippen molar-refractivity contribution >= 4 is 59.0 Å². The van der Waals surface area contributed by atoms with Crippen LogP contribution in [0.4, 0.5) is 0 Å². The van der Waals surface area contributed by atoms with Crippen molar-refractivity contribution in [3.63, 3.8) is 0 Å². The number of hydrogen-bond donors (Lipinski definition) is 0. The van der Waals surface area contributed by atoms with E-state index in [2.05, 4.69) is 108 Å². The SMILES string of the molecule is Cc1ccc2cccc3c2c1-c1cccc2c1[P+]3([Se-])c1cccc3ccc(C)c-2c13. The molecule has 0 unspecified atom stereocenters. The van der Waals surface area contributed by atoms with Gasteiger partial charge in [-0.3, -0.25) is 0 Å². The van der Waals surface area contributed by atoms with E-state index in [1.165, 1.54) is 70.8 Å². The molecule has 0 radical (unpaired) electrons. The summed E-state index contributed by atoms with van der Waals surface area (Å²) in [6.45, 7) is 4.52. The zero-order valence-electron chi connectivity index (χ0n) is 16.9. The molecule has 0 aliphatic carbocycles. The fourth-order valence-corrected chi connectivity index (χ4v) is 12.5. The average Bonchev–Trinajstić information content (AvgIpc) is 2.77. The third kappa shape index (κ3) is 1.84. The zero-order valence-corrected chi connectivity index (χ0v) is 19.5. The van der Waals surface area contributed by atoms with E-state index in [9.17, 15) is 0 Å². The van der Waals surface area contributed by atoms with Gasteiger partial charge in [-0.1, -0.05) is 0 Å². The van der Waals surface area contributed by atoms with Crippen LogP contribution in [0, 0.1) is 13.8 Å². The predicted molar refractivity (Wildman–Crippen MR) is 133 cm³/mol. The maximum atomic E-state index is 3.84. The number of fused-ring (bicyclic) bond motifs is 4. The summed E-state index contributed by atoms with van der Waals surface area (Å²) in [5.41, 5.74) is 8.43. The van der Waals surface area contributed by atoms with Gasteiger partial charge < -0.3 is 0 Å². The van der Waals surface area contributed by atoms with Gasteiger partial charge >= 0.3 is 185 Å². The molecule has 0 bridgehead atoms. The Morgan fingerprint density at radius 1 is 0.567 bits per heavy atom. The fourth-order valence-electron chi connectivity index (χ4n) is 5.80. The van der Waals surface area contributed by atoms with Crippen molar-refractivity contribution in [1.82, 2.24) is 0 Å². The molecule has 5 aromatic carbocycles. The molecular weight excluding hydrogens is 446 g/mol. The van der Waals surface area contributed by atoms with E-state index < -0.39 is 5.95 Å². The standard InChI is InChI=1S/C28H19PSe/c1-16-12-14-18-6-3-10-22-26(18)24(16)20-8-5-9-21-25-17(2)13-15-19-7-4-11-23(27(19)25)29(22,30)28(20)21/h3-15H,1-2H3. The van der Waals surface area contributed by atoms with E-state index in [-0.39, 0.29) is 0 Å². The fraction of sp³-hybridized carbons (Fsp3) is 0.0714. The van der Waals surface area contributed by atoms with Crippen LogP contribution in [0.1, 0.15) is 11.1 Å². The molecular formula is C28H19PSe. The molecule has 0 saturated carbocycles. The van der Waals surface area contributed by atoms with Crippen LogP contribution < -0.4 is 15.9 Å². The van der Waals surface area contributed by atoms with Crippen LogP contribution in [0.15, 0.2) is 78.9 Å². The van der Waals surface area contributed by atoms with Gasteiger partial charge in [0.05, 0.1) is 0 Å². The van der Waals surface area contributed by atoms with Crippen LogP contribution in [-0.4, -0.2) is 15.6 Å². The molecule has 0 atom stereocenters. The zero-order chi connectivity index (χ0) is 20.2. The van der Waals surface area contributed by atoms with Crippen LogP contribution in [0.25, 0.3) is 43.8 Å². The molecule has 2 heteroatoms. The van der Waals surface area contributed by atoms with Gasteiger partial charge in [-0.2, -0.15) is 0 Å². The molecule has 2 aliphatic rings. The Labute approximate surface area is 184 Å². The van der Waals surface area contributed by atoms with Crippen molar-refractivity contribution in [2.45, 2.75) is 13.8 Å². The molecule has 0 amide bonds. The summed E-state index contributed by atoms with van der Waals surface area (Å²) < 4.78 is 0. The Morgan fingerprint density at radius 2 is 1.03 bits per heavy atom. The summed E-state index contributed by atoms with van der Waals surface area (Å²) in [6, 6.07) is 29.9. The first-order chi connectivity index (χ1) is 14.6. The van der Waals surface area contributed by atoms with Crippen molar-refractivity contribution in [2.24, 2.45) is 0 Å². The van der Waals surface area contributed by atoms with Gasteiger partial charge in [0.1, 0.15) is 0 Å². The van der Waals surface area contributed by atoms with E-state index in [0.717, 1.165) is 0 Å². The van der Waals surface area contributed by atoms with Gasteiger partial charge in [-0.25, -0.2) is 0 Å². The minimum absolute atomic E-state index is 1.35. The Bertz CT molecular complexity index is 1470. The first-order valence-corrected chi connectivity index (χ1v) is 14.4. The monoisotopic (exact) mass is 466 g/mol. The Kier molecular flexibility index (Phi) is 3.24. The molecule has 0 saturated heterocycles. The van der Waals surface area contributed by atoms with Gasteiger partial charge in [-0.05, 0) is 0 Å². The molecule has 0 aromatic heterocycles. The topological polar surface area (TPSA) is 0 Å².